The maximum absolute atomic E-state index is 13.4. The number of hydrogen-bond donors (Lipinski definition) is 1. The Hall–Kier alpha value is -1.39. The van der Waals surface area contributed by atoms with Crippen molar-refractivity contribution in [1.29, 1.82) is 0 Å². The Kier molecular flexibility index (Phi) is 4.93. The molecule has 1 N–H and O–H groups in total. The molecule has 0 spiro atoms. The van der Waals surface area contributed by atoms with E-state index in [0.29, 0.717) is 18.9 Å². The van der Waals surface area contributed by atoms with Gasteiger partial charge in [0.1, 0.15) is 18.2 Å². The molecule has 2 aromatic carbocycles. The number of benzene rings is 2. The van der Waals surface area contributed by atoms with Gasteiger partial charge in [0.25, 0.3) is 0 Å². The zero-order valence-electron chi connectivity index (χ0n) is 10.6. The molecule has 0 bridgehead atoms. The van der Waals surface area contributed by atoms with E-state index in [1.165, 1.54) is 12.1 Å². The molecule has 0 aromatic heterocycles. The average Bonchev–Trinajstić information content (AvgIpc) is 2.38. The summed E-state index contributed by atoms with van der Waals surface area (Å²) in [5.41, 5.74) is 1.91. The highest BCUT2D eigenvalue weighted by atomic mass is 79.9. The molecule has 19 heavy (non-hydrogen) atoms. The van der Waals surface area contributed by atoms with Crippen LogP contribution in [0.25, 0.3) is 0 Å². The summed E-state index contributed by atoms with van der Waals surface area (Å²) in [5, 5.41) is 2.99. The molecule has 0 aliphatic heterocycles. The van der Waals surface area contributed by atoms with E-state index in [-0.39, 0.29) is 5.82 Å². The van der Waals surface area contributed by atoms with Crippen molar-refractivity contribution in [2.45, 2.75) is 13.2 Å². The highest BCUT2D eigenvalue weighted by Crippen LogP contribution is 2.18. The molecule has 0 atom stereocenters. The van der Waals surface area contributed by atoms with E-state index in [0.717, 1.165) is 15.6 Å². The molecule has 4 heteroatoms. The normalized spacial score (nSPS) is 10.5. The Morgan fingerprint density at radius 3 is 2.53 bits per heavy atom. The highest BCUT2D eigenvalue weighted by Gasteiger charge is 2.02. The zero-order chi connectivity index (χ0) is 13.7. The van der Waals surface area contributed by atoms with Crippen molar-refractivity contribution >= 4 is 15.9 Å². The molecule has 0 aliphatic carbocycles. The van der Waals surface area contributed by atoms with Crippen LogP contribution in [0.2, 0.25) is 0 Å². The second kappa shape index (κ2) is 6.68. The predicted octanol–water partition coefficient (Wildman–Crippen LogP) is 3.89. The standard InChI is InChI=1S/C15H15BrFNO/c1-18-9-12-6-14(17)8-15(7-12)19-10-11-2-4-13(16)5-3-11/h2-8,18H,9-10H2,1H3. The minimum atomic E-state index is -0.279. The van der Waals surface area contributed by atoms with Crippen molar-refractivity contribution in [1.82, 2.24) is 5.32 Å². The van der Waals surface area contributed by atoms with Gasteiger partial charge in [-0.1, -0.05) is 28.1 Å². The number of hydrogen-bond acceptors (Lipinski definition) is 2. The van der Waals surface area contributed by atoms with E-state index in [4.69, 9.17) is 4.74 Å². The number of ether oxygens (including phenoxy) is 1. The Bertz CT molecular complexity index is 542. The molecule has 0 fully saturated rings. The maximum atomic E-state index is 13.4. The smallest absolute Gasteiger partial charge is 0.127 e. The van der Waals surface area contributed by atoms with Gasteiger partial charge in [-0.3, -0.25) is 0 Å². The van der Waals surface area contributed by atoms with Crippen LogP contribution in [0.15, 0.2) is 46.9 Å². The fourth-order valence-corrected chi connectivity index (χ4v) is 2.02. The fraction of sp³-hybridized carbons (Fsp3) is 0.200. The van der Waals surface area contributed by atoms with Gasteiger partial charge in [0.05, 0.1) is 0 Å². The van der Waals surface area contributed by atoms with Crippen molar-refractivity contribution in [2.24, 2.45) is 0 Å². The lowest BCUT2D eigenvalue weighted by Gasteiger charge is -2.09. The lowest BCUT2D eigenvalue weighted by atomic mass is 10.2. The third kappa shape index (κ3) is 4.33. The third-order valence-electron chi connectivity index (χ3n) is 2.63. The molecule has 0 saturated carbocycles. The monoisotopic (exact) mass is 323 g/mol. The summed E-state index contributed by atoms with van der Waals surface area (Å²) in [6, 6.07) is 12.6. The number of nitrogens with one attached hydrogen (secondary N) is 1. The first kappa shape index (κ1) is 14.0. The molecule has 0 amide bonds. The molecule has 0 saturated heterocycles. The van der Waals surface area contributed by atoms with E-state index >= 15 is 0 Å². The van der Waals surface area contributed by atoms with Crippen LogP contribution in [0.5, 0.6) is 5.75 Å². The van der Waals surface area contributed by atoms with Crippen LogP contribution >= 0.6 is 15.9 Å². The number of halogens is 2. The molecule has 2 nitrogen and oxygen atoms in total. The fourth-order valence-electron chi connectivity index (χ4n) is 1.76. The first-order valence-electron chi connectivity index (χ1n) is 5.98. The lowest BCUT2D eigenvalue weighted by molar-refractivity contribution is 0.304. The van der Waals surface area contributed by atoms with Gasteiger partial charge in [-0.05, 0) is 42.4 Å². The second-order valence-corrected chi connectivity index (χ2v) is 5.16. The van der Waals surface area contributed by atoms with Gasteiger partial charge in [0.2, 0.25) is 0 Å². The molecular formula is C15H15BrFNO. The third-order valence-corrected chi connectivity index (χ3v) is 3.16. The molecule has 0 unspecified atom stereocenters. The Morgan fingerprint density at radius 1 is 1.11 bits per heavy atom. The molecular weight excluding hydrogens is 309 g/mol. The van der Waals surface area contributed by atoms with Gasteiger partial charge >= 0.3 is 0 Å². The summed E-state index contributed by atoms with van der Waals surface area (Å²) in [4.78, 5) is 0. The summed E-state index contributed by atoms with van der Waals surface area (Å²) in [6.45, 7) is 1.04. The maximum Gasteiger partial charge on any atom is 0.127 e. The van der Waals surface area contributed by atoms with Crippen LogP contribution in [-0.2, 0) is 13.2 Å². The summed E-state index contributed by atoms with van der Waals surface area (Å²) >= 11 is 3.38. The summed E-state index contributed by atoms with van der Waals surface area (Å²) in [7, 11) is 1.83. The minimum Gasteiger partial charge on any atom is -0.489 e. The van der Waals surface area contributed by atoms with Gasteiger partial charge in [0.15, 0.2) is 0 Å². The molecule has 0 aliphatic rings. The zero-order valence-corrected chi connectivity index (χ0v) is 12.2. The molecule has 2 rings (SSSR count). The average molecular weight is 324 g/mol. The predicted molar refractivity (Wildman–Crippen MR) is 77.6 cm³/mol. The Labute approximate surface area is 120 Å². The van der Waals surface area contributed by atoms with E-state index in [1.807, 2.05) is 37.4 Å². The van der Waals surface area contributed by atoms with Crippen molar-refractivity contribution in [3.05, 3.63) is 63.9 Å². The van der Waals surface area contributed by atoms with Crippen LogP contribution in [0.1, 0.15) is 11.1 Å². The molecule has 100 valence electrons. The summed E-state index contributed by atoms with van der Waals surface area (Å²) < 4.78 is 20.1. The van der Waals surface area contributed by atoms with Crippen molar-refractivity contribution in [3.63, 3.8) is 0 Å². The Balaban J connectivity index is 2.04. The van der Waals surface area contributed by atoms with E-state index in [9.17, 15) is 4.39 Å². The molecule has 0 radical (unpaired) electrons. The van der Waals surface area contributed by atoms with Crippen molar-refractivity contribution in [3.8, 4) is 5.75 Å². The highest BCUT2D eigenvalue weighted by molar-refractivity contribution is 9.10. The number of rotatable bonds is 5. The minimum absolute atomic E-state index is 0.279. The van der Waals surface area contributed by atoms with Gasteiger partial charge < -0.3 is 10.1 Å². The summed E-state index contributed by atoms with van der Waals surface area (Å²) in [5.74, 6) is 0.270. The van der Waals surface area contributed by atoms with E-state index in [2.05, 4.69) is 21.2 Å². The van der Waals surface area contributed by atoms with Crippen molar-refractivity contribution < 1.29 is 9.13 Å². The summed E-state index contributed by atoms with van der Waals surface area (Å²) in [6.07, 6.45) is 0. The first-order chi connectivity index (χ1) is 9.17. The SMILES string of the molecule is CNCc1cc(F)cc(OCc2ccc(Br)cc2)c1. The Morgan fingerprint density at radius 2 is 1.84 bits per heavy atom. The van der Waals surface area contributed by atoms with Crippen LogP contribution < -0.4 is 10.1 Å². The lowest BCUT2D eigenvalue weighted by Crippen LogP contribution is -2.06. The van der Waals surface area contributed by atoms with Gasteiger partial charge in [0, 0.05) is 17.1 Å². The van der Waals surface area contributed by atoms with Crippen molar-refractivity contribution in [2.75, 3.05) is 7.05 Å². The van der Waals surface area contributed by atoms with Gasteiger partial charge in [-0.15, -0.1) is 0 Å². The molecule has 0 heterocycles. The van der Waals surface area contributed by atoms with Crippen LogP contribution in [-0.4, -0.2) is 7.05 Å². The van der Waals surface area contributed by atoms with Crippen LogP contribution in [0, 0.1) is 5.82 Å². The van der Waals surface area contributed by atoms with Gasteiger partial charge in [-0.25, -0.2) is 4.39 Å². The van der Waals surface area contributed by atoms with Gasteiger partial charge in [-0.2, -0.15) is 0 Å². The largest absolute Gasteiger partial charge is 0.489 e. The van der Waals surface area contributed by atoms with E-state index in [1.54, 1.807) is 0 Å². The van der Waals surface area contributed by atoms with Crippen LogP contribution in [0.3, 0.4) is 0 Å². The first-order valence-corrected chi connectivity index (χ1v) is 6.78. The van der Waals surface area contributed by atoms with E-state index < -0.39 is 0 Å². The second-order valence-electron chi connectivity index (χ2n) is 4.24. The van der Waals surface area contributed by atoms with Crippen LogP contribution in [0.4, 0.5) is 4.39 Å². The molecule has 2 aromatic rings. The topological polar surface area (TPSA) is 21.3 Å². The quantitative estimate of drug-likeness (QED) is 0.901.